The first kappa shape index (κ1) is 16.5. The van der Waals surface area contributed by atoms with Crippen LogP contribution in [0, 0.1) is 17.0 Å². The van der Waals surface area contributed by atoms with E-state index in [1.54, 1.807) is 7.05 Å². The average molecular weight is 364 g/mol. The minimum Gasteiger partial charge on any atom is -0.633 e. The van der Waals surface area contributed by atoms with E-state index in [0.29, 0.717) is 30.2 Å². The molecule has 0 bridgehead atoms. The molecule has 2 aliphatic heterocycles. The third-order valence-electron chi connectivity index (χ3n) is 5.39. The summed E-state index contributed by atoms with van der Waals surface area (Å²) in [5.41, 5.74) is 1.19. The number of halogens is 1. The van der Waals surface area contributed by atoms with Crippen molar-refractivity contribution in [1.29, 1.82) is 0 Å². The number of thioether (sulfide) groups is 1. The van der Waals surface area contributed by atoms with Crippen molar-refractivity contribution in [2.75, 3.05) is 20.1 Å². The molecule has 3 nitrogen and oxygen atoms in total. The highest BCUT2D eigenvalue weighted by atomic mass is 35.5. The number of nitrogens with zero attached hydrogens (tertiary/aromatic N) is 1. The molecule has 0 saturated carbocycles. The van der Waals surface area contributed by atoms with E-state index >= 15 is 0 Å². The molecule has 24 heavy (non-hydrogen) atoms. The van der Waals surface area contributed by atoms with Crippen molar-refractivity contribution in [2.45, 2.75) is 24.5 Å². The predicted octanol–water partition coefficient (Wildman–Crippen LogP) is 4.84. The van der Waals surface area contributed by atoms with Gasteiger partial charge < -0.3 is 14.6 Å². The second kappa shape index (κ2) is 6.41. The van der Waals surface area contributed by atoms with Gasteiger partial charge in [0.15, 0.2) is 0 Å². The molecular weight excluding hydrogens is 342 g/mol. The number of quaternary nitrogens is 1. The fourth-order valence-corrected chi connectivity index (χ4v) is 5.58. The van der Waals surface area contributed by atoms with Gasteiger partial charge in [0.25, 0.3) is 0 Å². The second-order valence-corrected chi connectivity index (χ2v) is 8.90. The zero-order valence-electron chi connectivity index (χ0n) is 13.8. The van der Waals surface area contributed by atoms with Gasteiger partial charge in [0.05, 0.1) is 31.6 Å². The van der Waals surface area contributed by atoms with Crippen molar-refractivity contribution in [1.82, 2.24) is 0 Å². The smallest absolute Gasteiger partial charge is 0.137 e. The van der Waals surface area contributed by atoms with Gasteiger partial charge in [-0.2, -0.15) is 0 Å². The Bertz CT molecular complexity index is 679. The van der Waals surface area contributed by atoms with Gasteiger partial charge in [0.1, 0.15) is 5.76 Å². The zero-order valence-corrected chi connectivity index (χ0v) is 15.4. The minimum absolute atomic E-state index is 0.107. The van der Waals surface area contributed by atoms with E-state index < -0.39 is 0 Å². The largest absolute Gasteiger partial charge is 0.633 e. The first-order valence-electron chi connectivity index (χ1n) is 8.56. The number of allylic oxidation sites excluding steroid dienone is 6. The summed E-state index contributed by atoms with van der Waals surface area (Å²) in [6.45, 7) is 1.40. The fourth-order valence-electron chi connectivity index (χ4n) is 3.93. The molecule has 2 heterocycles. The summed E-state index contributed by atoms with van der Waals surface area (Å²) in [4.78, 5) is 1.31. The Kier molecular flexibility index (Phi) is 4.42. The van der Waals surface area contributed by atoms with Gasteiger partial charge in [-0.05, 0) is 18.4 Å². The van der Waals surface area contributed by atoms with Crippen LogP contribution in [0.3, 0.4) is 0 Å². The van der Waals surface area contributed by atoms with Crippen LogP contribution in [0.2, 0.25) is 0 Å². The molecule has 0 aromatic heterocycles. The van der Waals surface area contributed by atoms with Crippen molar-refractivity contribution < 1.29 is 9.38 Å². The molecule has 4 aliphatic rings. The quantitative estimate of drug-likeness (QED) is 0.493. The first-order chi connectivity index (χ1) is 11.5. The third kappa shape index (κ3) is 3.25. The van der Waals surface area contributed by atoms with Gasteiger partial charge in [0, 0.05) is 34.3 Å². The molecule has 4 rings (SSSR count). The van der Waals surface area contributed by atoms with Gasteiger partial charge in [-0.15, -0.1) is 11.8 Å². The van der Waals surface area contributed by atoms with Crippen molar-refractivity contribution >= 4 is 23.4 Å². The zero-order chi connectivity index (χ0) is 16.7. The third-order valence-corrected chi connectivity index (χ3v) is 7.09. The van der Waals surface area contributed by atoms with Gasteiger partial charge >= 0.3 is 0 Å². The van der Waals surface area contributed by atoms with Crippen LogP contribution in [-0.4, -0.2) is 30.0 Å². The first-order valence-corrected chi connectivity index (χ1v) is 9.82. The summed E-state index contributed by atoms with van der Waals surface area (Å²) in [5.74, 6) is 1.78. The van der Waals surface area contributed by atoms with Crippen molar-refractivity contribution in [3.05, 3.63) is 63.1 Å². The lowest BCUT2D eigenvalue weighted by Crippen LogP contribution is -2.46. The number of rotatable bonds is 1. The maximum atomic E-state index is 12.2. The maximum absolute atomic E-state index is 12.2. The number of likely N-dealkylation sites (tertiary alicyclic amines) is 1. The fraction of sp³-hybridized carbons (Fsp3) is 0.474. The van der Waals surface area contributed by atoms with Crippen LogP contribution >= 0.6 is 23.4 Å². The van der Waals surface area contributed by atoms with Crippen LogP contribution in [0.1, 0.15) is 19.3 Å². The molecule has 0 N–H and O–H groups in total. The molecule has 0 spiro atoms. The van der Waals surface area contributed by atoms with Crippen LogP contribution in [0.25, 0.3) is 0 Å². The second-order valence-electron chi connectivity index (χ2n) is 7.23. The number of piperidine rings is 1. The number of hydroxylamine groups is 3. The number of hydrogen-bond donors (Lipinski definition) is 0. The highest BCUT2D eigenvalue weighted by molar-refractivity contribution is 8.04. The Balaban J connectivity index is 1.61. The molecular formula is C19H22ClNO2S. The average Bonchev–Trinajstić information content (AvgIpc) is 2.74. The van der Waals surface area contributed by atoms with Gasteiger partial charge in [-0.25, -0.2) is 0 Å². The standard InChI is InChI=1S/C19H22ClNO2S/c1-21(22)8-6-13(7-9-21)16-10-15(20)11-17-19(16)24-18-5-3-2-4-14(18)12-23-17/h2-5,11-13,16,18H,6-10H2,1H3. The molecule has 5 heteroatoms. The van der Waals surface area contributed by atoms with E-state index in [4.69, 9.17) is 16.3 Å². The van der Waals surface area contributed by atoms with E-state index in [2.05, 4.69) is 18.2 Å². The normalized spacial score (nSPS) is 38.5. The van der Waals surface area contributed by atoms with Crippen LogP contribution in [0.15, 0.2) is 57.9 Å². The van der Waals surface area contributed by atoms with Gasteiger partial charge in [-0.1, -0.05) is 35.9 Å². The summed E-state index contributed by atoms with van der Waals surface area (Å²) in [7, 11) is 1.79. The highest BCUT2D eigenvalue weighted by Crippen LogP contribution is 2.49. The van der Waals surface area contributed by atoms with E-state index in [9.17, 15) is 5.21 Å². The lowest BCUT2D eigenvalue weighted by Gasteiger charge is -2.46. The molecule has 0 amide bonds. The predicted molar refractivity (Wildman–Crippen MR) is 99.9 cm³/mol. The maximum Gasteiger partial charge on any atom is 0.137 e. The lowest BCUT2D eigenvalue weighted by atomic mass is 9.80. The summed E-state index contributed by atoms with van der Waals surface area (Å²) < 4.78 is 5.89. The molecule has 1 fully saturated rings. The van der Waals surface area contributed by atoms with Crippen molar-refractivity contribution in [3.63, 3.8) is 0 Å². The van der Waals surface area contributed by atoms with E-state index in [0.717, 1.165) is 30.1 Å². The van der Waals surface area contributed by atoms with Crippen molar-refractivity contribution in [3.8, 4) is 0 Å². The SMILES string of the molecule is C[N+]1([O-])CCC(C2CC(Cl)=CC3=C2SC2C=CC=CC2=CO3)CC1. The summed E-state index contributed by atoms with van der Waals surface area (Å²) >= 11 is 8.32. The monoisotopic (exact) mass is 363 g/mol. The van der Waals surface area contributed by atoms with E-state index in [-0.39, 0.29) is 4.65 Å². The molecule has 0 aromatic carbocycles. The highest BCUT2D eigenvalue weighted by Gasteiger charge is 2.37. The Morgan fingerprint density at radius 2 is 2.08 bits per heavy atom. The van der Waals surface area contributed by atoms with Crippen LogP contribution in [0.5, 0.6) is 0 Å². The van der Waals surface area contributed by atoms with E-state index in [1.165, 1.54) is 10.5 Å². The Morgan fingerprint density at radius 1 is 1.29 bits per heavy atom. The molecule has 0 aromatic rings. The van der Waals surface area contributed by atoms with Crippen LogP contribution < -0.4 is 0 Å². The lowest BCUT2D eigenvalue weighted by molar-refractivity contribution is -0.867. The number of ether oxygens (including phenoxy) is 1. The molecule has 0 radical (unpaired) electrons. The minimum atomic E-state index is -0.107. The molecule has 2 unspecified atom stereocenters. The Morgan fingerprint density at radius 3 is 2.88 bits per heavy atom. The summed E-state index contributed by atoms with van der Waals surface area (Å²) in [6.07, 6.45) is 15.1. The summed E-state index contributed by atoms with van der Waals surface area (Å²) in [5, 5.41) is 13.3. The van der Waals surface area contributed by atoms with Crippen molar-refractivity contribution in [2.24, 2.45) is 11.8 Å². The van der Waals surface area contributed by atoms with Crippen LogP contribution in [0.4, 0.5) is 0 Å². The number of fused-ring (bicyclic) bond motifs is 1. The van der Waals surface area contributed by atoms with Gasteiger partial charge in [-0.3, -0.25) is 0 Å². The number of hydrogen-bond acceptors (Lipinski definition) is 3. The summed E-state index contributed by atoms with van der Waals surface area (Å²) in [6, 6.07) is 0. The molecule has 2 aliphatic carbocycles. The van der Waals surface area contributed by atoms with E-state index in [1.807, 2.05) is 30.2 Å². The van der Waals surface area contributed by atoms with Crippen LogP contribution in [-0.2, 0) is 4.74 Å². The van der Waals surface area contributed by atoms with Gasteiger partial charge in [0.2, 0.25) is 0 Å². The Hall–Kier alpha value is -0.940. The Labute approximate surface area is 152 Å². The topological polar surface area (TPSA) is 32.3 Å². The molecule has 128 valence electrons. The molecule has 2 atom stereocenters. The molecule has 1 saturated heterocycles.